The molecule has 0 aliphatic carbocycles. The summed E-state index contributed by atoms with van der Waals surface area (Å²) in [6, 6.07) is 9.06. The van der Waals surface area contributed by atoms with Crippen LogP contribution in [0.4, 0.5) is 16.2 Å². The normalized spacial score (nSPS) is 14.7. The first-order valence-corrected chi connectivity index (χ1v) is 10.8. The lowest BCUT2D eigenvalue weighted by Gasteiger charge is -2.12. The van der Waals surface area contributed by atoms with Gasteiger partial charge in [0, 0.05) is 11.8 Å². The Bertz CT molecular complexity index is 1130. The number of nitro benzene ring substituents is 1. The molecule has 3 rings (SSSR count). The molecule has 1 aliphatic rings. The Labute approximate surface area is 194 Å². The van der Waals surface area contributed by atoms with Crippen molar-refractivity contribution in [2.75, 3.05) is 18.5 Å². The number of benzene rings is 2. The van der Waals surface area contributed by atoms with Gasteiger partial charge in [-0.3, -0.25) is 29.4 Å². The standard InChI is InChI=1S/C20H16BrN3O7S/c1-2-31-13-5-3-12(4-6-13)22-17(25)10-23-19(27)16(32-20(23)28)9-11-7-14(21)18(26)15(8-11)24(29)30/h3-9,26H,2,10H2,1H3,(H,22,25)/b16-9+. The highest BCUT2D eigenvalue weighted by molar-refractivity contribution is 9.10. The molecular weight excluding hydrogens is 506 g/mol. The quantitative estimate of drug-likeness (QED) is 0.314. The van der Waals surface area contributed by atoms with Gasteiger partial charge >= 0.3 is 5.69 Å². The van der Waals surface area contributed by atoms with Gasteiger partial charge in [0.15, 0.2) is 0 Å². The van der Waals surface area contributed by atoms with Crippen molar-refractivity contribution in [1.29, 1.82) is 0 Å². The summed E-state index contributed by atoms with van der Waals surface area (Å²) in [5.74, 6) is -1.18. The lowest BCUT2D eigenvalue weighted by Crippen LogP contribution is -2.36. The number of carbonyl (C=O) groups is 3. The highest BCUT2D eigenvalue weighted by Gasteiger charge is 2.36. The maximum atomic E-state index is 12.6. The van der Waals surface area contributed by atoms with E-state index in [1.807, 2.05) is 6.92 Å². The molecule has 1 fully saturated rings. The number of amides is 3. The third-order valence-electron chi connectivity index (χ3n) is 4.18. The minimum atomic E-state index is -0.769. The zero-order chi connectivity index (χ0) is 23.4. The molecule has 2 aromatic carbocycles. The van der Waals surface area contributed by atoms with E-state index in [4.69, 9.17) is 4.74 Å². The van der Waals surface area contributed by atoms with Gasteiger partial charge < -0.3 is 15.2 Å². The van der Waals surface area contributed by atoms with Crippen molar-refractivity contribution in [3.63, 3.8) is 0 Å². The van der Waals surface area contributed by atoms with Crippen LogP contribution in [0.2, 0.25) is 0 Å². The van der Waals surface area contributed by atoms with E-state index in [1.54, 1.807) is 24.3 Å². The molecule has 0 bridgehead atoms. The monoisotopic (exact) mass is 521 g/mol. The smallest absolute Gasteiger partial charge is 0.312 e. The number of thioether (sulfide) groups is 1. The van der Waals surface area contributed by atoms with Crippen LogP contribution >= 0.6 is 27.7 Å². The van der Waals surface area contributed by atoms with E-state index in [9.17, 15) is 29.6 Å². The lowest BCUT2D eigenvalue weighted by atomic mass is 10.1. The summed E-state index contributed by atoms with van der Waals surface area (Å²) in [5.41, 5.74) is 0.146. The number of carbonyl (C=O) groups excluding carboxylic acids is 3. The Morgan fingerprint density at radius 1 is 1.31 bits per heavy atom. The Balaban J connectivity index is 1.72. The number of aromatic hydroxyl groups is 1. The maximum absolute atomic E-state index is 12.6. The number of nitrogens with zero attached hydrogens (tertiary/aromatic N) is 2. The minimum Gasteiger partial charge on any atom is -0.501 e. The molecule has 166 valence electrons. The van der Waals surface area contributed by atoms with E-state index >= 15 is 0 Å². The van der Waals surface area contributed by atoms with E-state index < -0.39 is 40.0 Å². The number of nitrogens with one attached hydrogen (secondary N) is 1. The predicted molar refractivity (Wildman–Crippen MR) is 121 cm³/mol. The molecule has 0 aromatic heterocycles. The number of nitro groups is 1. The number of phenols is 1. The molecule has 0 atom stereocenters. The van der Waals surface area contributed by atoms with Gasteiger partial charge in [-0.25, -0.2) is 0 Å². The Kier molecular flexibility index (Phi) is 7.15. The summed E-state index contributed by atoms with van der Waals surface area (Å²) in [4.78, 5) is 48.3. The molecule has 0 unspecified atom stereocenters. The molecule has 0 saturated carbocycles. The largest absolute Gasteiger partial charge is 0.501 e. The summed E-state index contributed by atoms with van der Waals surface area (Å²) in [5, 5.41) is 22.8. The first-order chi connectivity index (χ1) is 15.2. The topological polar surface area (TPSA) is 139 Å². The van der Waals surface area contributed by atoms with E-state index in [0.29, 0.717) is 29.8 Å². The number of imide groups is 1. The maximum Gasteiger partial charge on any atom is 0.312 e. The van der Waals surface area contributed by atoms with Crippen molar-refractivity contribution in [3.05, 3.63) is 61.5 Å². The van der Waals surface area contributed by atoms with Gasteiger partial charge in [-0.15, -0.1) is 0 Å². The van der Waals surface area contributed by atoms with Crippen LogP contribution in [0.5, 0.6) is 11.5 Å². The first kappa shape index (κ1) is 23.3. The van der Waals surface area contributed by atoms with Gasteiger partial charge in [0.25, 0.3) is 11.1 Å². The van der Waals surface area contributed by atoms with Gasteiger partial charge in [0.2, 0.25) is 11.7 Å². The number of ether oxygens (including phenoxy) is 1. The molecule has 1 heterocycles. The second-order valence-corrected chi connectivity index (χ2v) is 8.25. The summed E-state index contributed by atoms with van der Waals surface area (Å²) < 4.78 is 5.39. The van der Waals surface area contributed by atoms with E-state index in [1.165, 1.54) is 12.1 Å². The molecule has 2 N–H and O–H groups in total. The SMILES string of the molecule is CCOc1ccc(NC(=O)CN2C(=O)S/C(=C/c3cc(Br)c(O)c([N+](=O)[O-])c3)C2=O)cc1. The molecule has 0 radical (unpaired) electrons. The van der Waals surface area contributed by atoms with Crippen LogP contribution in [0.3, 0.4) is 0 Å². The predicted octanol–water partition coefficient (Wildman–Crippen LogP) is 4.14. The average Bonchev–Trinajstić information content (AvgIpc) is 2.99. The van der Waals surface area contributed by atoms with Crippen LogP contribution in [-0.4, -0.2) is 45.1 Å². The van der Waals surface area contributed by atoms with Crippen molar-refractivity contribution in [2.24, 2.45) is 0 Å². The van der Waals surface area contributed by atoms with Gasteiger partial charge in [0.1, 0.15) is 12.3 Å². The summed E-state index contributed by atoms with van der Waals surface area (Å²) in [7, 11) is 0. The second kappa shape index (κ2) is 9.83. The molecule has 12 heteroatoms. The Morgan fingerprint density at radius 3 is 2.62 bits per heavy atom. The van der Waals surface area contributed by atoms with Crippen LogP contribution in [-0.2, 0) is 9.59 Å². The van der Waals surface area contributed by atoms with E-state index in [0.717, 1.165) is 11.0 Å². The number of hydrogen-bond acceptors (Lipinski definition) is 8. The molecule has 10 nitrogen and oxygen atoms in total. The molecule has 1 aliphatic heterocycles. The van der Waals surface area contributed by atoms with Crippen molar-refractivity contribution in [2.45, 2.75) is 6.92 Å². The van der Waals surface area contributed by atoms with Crippen molar-refractivity contribution in [3.8, 4) is 11.5 Å². The van der Waals surface area contributed by atoms with Gasteiger partial charge in [0.05, 0.1) is 20.9 Å². The highest BCUT2D eigenvalue weighted by Crippen LogP contribution is 2.38. The molecule has 3 amide bonds. The summed E-state index contributed by atoms with van der Waals surface area (Å²) in [6.45, 7) is 1.86. The molecule has 32 heavy (non-hydrogen) atoms. The van der Waals surface area contributed by atoms with Gasteiger partial charge in [-0.05, 0) is 76.6 Å². The second-order valence-electron chi connectivity index (χ2n) is 6.40. The van der Waals surface area contributed by atoms with Crippen molar-refractivity contribution in [1.82, 2.24) is 4.90 Å². The number of phenolic OH excluding ortho intramolecular Hbond substituents is 1. The highest BCUT2D eigenvalue weighted by atomic mass is 79.9. The van der Waals surface area contributed by atoms with E-state index in [-0.39, 0.29) is 14.9 Å². The van der Waals surface area contributed by atoms with Crippen LogP contribution in [0.15, 0.2) is 45.8 Å². The van der Waals surface area contributed by atoms with Gasteiger partial charge in [-0.2, -0.15) is 0 Å². The average molecular weight is 522 g/mol. The van der Waals surface area contributed by atoms with Gasteiger partial charge in [-0.1, -0.05) is 0 Å². The molecule has 0 spiro atoms. The fourth-order valence-corrected chi connectivity index (χ4v) is 4.07. The molecule has 2 aromatic rings. The van der Waals surface area contributed by atoms with Crippen LogP contribution in [0.1, 0.15) is 12.5 Å². The lowest BCUT2D eigenvalue weighted by molar-refractivity contribution is -0.386. The zero-order valence-electron chi connectivity index (χ0n) is 16.5. The van der Waals surface area contributed by atoms with Crippen molar-refractivity contribution >= 4 is 62.2 Å². The van der Waals surface area contributed by atoms with Crippen molar-refractivity contribution < 1.29 is 29.2 Å². The molecular formula is C20H16BrN3O7S. The van der Waals surface area contributed by atoms with E-state index in [2.05, 4.69) is 21.2 Å². The first-order valence-electron chi connectivity index (χ1n) is 9.14. The Morgan fingerprint density at radius 2 is 2.00 bits per heavy atom. The third-order valence-corrected chi connectivity index (χ3v) is 5.70. The zero-order valence-corrected chi connectivity index (χ0v) is 18.9. The number of hydrogen-bond donors (Lipinski definition) is 2. The van der Waals surface area contributed by atoms with Crippen LogP contribution in [0.25, 0.3) is 6.08 Å². The Hall–Kier alpha value is -3.38. The van der Waals surface area contributed by atoms with Crippen LogP contribution < -0.4 is 10.1 Å². The number of rotatable bonds is 7. The summed E-state index contributed by atoms with van der Waals surface area (Å²) in [6.07, 6.45) is 1.28. The third kappa shape index (κ3) is 5.26. The minimum absolute atomic E-state index is 0.00393. The number of anilines is 1. The fourth-order valence-electron chi connectivity index (χ4n) is 2.76. The molecule has 1 saturated heterocycles. The summed E-state index contributed by atoms with van der Waals surface area (Å²) >= 11 is 3.63. The van der Waals surface area contributed by atoms with Crippen LogP contribution in [0, 0.1) is 10.1 Å². The fraction of sp³-hybridized carbons (Fsp3) is 0.150. The number of halogens is 1.